The van der Waals surface area contributed by atoms with Crippen molar-refractivity contribution in [1.82, 2.24) is 4.98 Å². The summed E-state index contributed by atoms with van der Waals surface area (Å²) in [5.74, 6) is -1.65. The Bertz CT molecular complexity index is 1130. The molecule has 0 saturated heterocycles. The van der Waals surface area contributed by atoms with Gasteiger partial charge in [0, 0.05) is 6.07 Å². The van der Waals surface area contributed by atoms with Crippen LogP contribution < -0.4 is 4.90 Å². The fraction of sp³-hybridized carbons (Fsp3) is 0.0526. The number of aromatic nitrogens is 1. The van der Waals surface area contributed by atoms with Crippen LogP contribution in [0, 0.1) is 11.6 Å². The van der Waals surface area contributed by atoms with Gasteiger partial charge in [0.2, 0.25) is 0 Å². The highest BCUT2D eigenvalue weighted by Crippen LogP contribution is 2.34. The van der Waals surface area contributed by atoms with E-state index >= 15 is 0 Å². The van der Waals surface area contributed by atoms with Crippen LogP contribution in [0.4, 0.5) is 13.9 Å². The van der Waals surface area contributed by atoms with Gasteiger partial charge >= 0.3 is 0 Å². The molecular weight excluding hydrogens is 454 g/mol. The third kappa shape index (κ3) is 3.78. The lowest BCUT2D eigenvalue weighted by Gasteiger charge is -2.19. The summed E-state index contributed by atoms with van der Waals surface area (Å²) in [4.78, 5) is 19.4. The van der Waals surface area contributed by atoms with Gasteiger partial charge in [-0.15, -0.1) is 11.3 Å². The summed E-state index contributed by atoms with van der Waals surface area (Å²) in [6.07, 6.45) is 0. The standard InChI is InChI=1S/C19H11BrF2N2OS2/c20-16-7-6-14(26-16)18(25)24(10-11-4-2-1-3-5-11)19-23-17-13(22)8-12(21)9-15(17)27-19/h1-9H,10H2. The number of hydrogen-bond donors (Lipinski definition) is 0. The van der Waals surface area contributed by atoms with Crippen LogP contribution in [0.15, 0.2) is 58.4 Å². The number of fused-ring (bicyclic) bond motifs is 1. The van der Waals surface area contributed by atoms with Crippen molar-refractivity contribution < 1.29 is 13.6 Å². The minimum atomic E-state index is -0.738. The number of anilines is 1. The molecule has 0 fully saturated rings. The molecule has 1 amide bonds. The Hall–Kier alpha value is -2.16. The second-order valence-electron chi connectivity index (χ2n) is 5.71. The van der Waals surface area contributed by atoms with Gasteiger partial charge < -0.3 is 0 Å². The van der Waals surface area contributed by atoms with Gasteiger partial charge in [-0.25, -0.2) is 13.8 Å². The topological polar surface area (TPSA) is 33.2 Å². The first-order valence-electron chi connectivity index (χ1n) is 7.88. The minimum Gasteiger partial charge on any atom is -0.279 e. The van der Waals surface area contributed by atoms with Crippen LogP contribution in [0.1, 0.15) is 15.2 Å². The number of rotatable bonds is 4. The van der Waals surface area contributed by atoms with Crippen LogP contribution in [0.25, 0.3) is 10.2 Å². The molecule has 27 heavy (non-hydrogen) atoms. The fourth-order valence-corrected chi connectivity index (χ4v) is 4.95. The van der Waals surface area contributed by atoms with Crippen LogP contribution in [0.3, 0.4) is 0 Å². The smallest absolute Gasteiger partial charge is 0.270 e. The summed E-state index contributed by atoms with van der Waals surface area (Å²) in [6, 6.07) is 15.0. The van der Waals surface area contributed by atoms with Crippen LogP contribution >= 0.6 is 38.6 Å². The number of carbonyl (C=O) groups excluding carboxylic acids is 1. The third-order valence-corrected chi connectivity index (χ3v) is 6.48. The van der Waals surface area contributed by atoms with Gasteiger partial charge in [-0.1, -0.05) is 41.7 Å². The lowest BCUT2D eigenvalue weighted by Crippen LogP contribution is -2.29. The summed E-state index contributed by atoms with van der Waals surface area (Å²) in [5, 5.41) is 0.327. The van der Waals surface area contributed by atoms with Gasteiger partial charge in [-0.2, -0.15) is 0 Å². The van der Waals surface area contributed by atoms with Crippen molar-refractivity contribution in [1.29, 1.82) is 0 Å². The molecule has 8 heteroatoms. The van der Waals surface area contributed by atoms with Gasteiger partial charge in [0.05, 0.1) is 19.9 Å². The van der Waals surface area contributed by atoms with E-state index < -0.39 is 11.6 Å². The molecule has 0 bridgehead atoms. The quantitative estimate of drug-likeness (QED) is 0.357. The van der Waals surface area contributed by atoms with Crippen LogP contribution in [0.2, 0.25) is 0 Å². The van der Waals surface area contributed by atoms with Gasteiger partial charge in [-0.05, 0) is 39.7 Å². The third-order valence-electron chi connectivity index (χ3n) is 3.85. The molecule has 0 atom stereocenters. The molecule has 0 unspecified atom stereocenters. The van der Waals surface area contributed by atoms with Gasteiger partial charge in [0.25, 0.3) is 5.91 Å². The molecule has 4 rings (SSSR count). The van der Waals surface area contributed by atoms with E-state index in [-0.39, 0.29) is 18.0 Å². The first-order valence-corrected chi connectivity index (χ1v) is 10.3. The number of thiophene rings is 1. The minimum absolute atomic E-state index is 0.0645. The molecule has 4 aromatic rings. The van der Waals surface area contributed by atoms with E-state index in [1.54, 1.807) is 12.1 Å². The molecule has 0 aliphatic rings. The molecule has 2 aromatic heterocycles. The van der Waals surface area contributed by atoms with E-state index in [2.05, 4.69) is 20.9 Å². The maximum Gasteiger partial charge on any atom is 0.270 e. The Morgan fingerprint density at radius 2 is 1.85 bits per heavy atom. The number of carbonyl (C=O) groups is 1. The highest BCUT2D eigenvalue weighted by atomic mass is 79.9. The monoisotopic (exact) mass is 464 g/mol. The van der Waals surface area contributed by atoms with Crippen molar-refractivity contribution in [2.24, 2.45) is 0 Å². The molecule has 0 spiro atoms. The molecule has 0 aliphatic heterocycles. The average molecular weight is 465 g/mol. The Labute approximate surface area is 170 Å². The Kier molecular flexibility index (Phi) is 5.03. The molecule has 136 valence electrons. The number of amides is 1. The van der Waals surface area contributed by atoms with Gasteiger partial charge in [0.15, 0.2) is 10.9 Å². The molecule has 0 radical (unpaired) electrons. The SMILES string of the molecule is O=C(c1ccc(Br)s1)N(Cc1ccccc1)c1nc2c(F)cc(F)cc2s1. The van der Waals surface area contributed by atoms with Gasteiger partial charge in [0.1, 0.15) is 11.3 Å². The molecule has 0 saturated carbocycles. The average Bonchev–Trinajstić information content (AvgIpc) is 3.26. The summed E-state index contributed by atoms with van der Waals surface area (Å²) < 4.78 is 28.8. The molecule has 2 heterocycles. The zero-order valence-electron chi connectivity index (χ0n) is 13.7. The first kappa shape index (κ1) is 18.2. The predicted molar refractivity (Wildman–Crippen MR) is 109 cm³/mol. The van der Waals surface area contributed by atoms with E-state index in [0.717, 1.165) is 26.8 Å². The second kappa shape index (κ2) is 7.46. The molecule has 2 aromatic carbocycles. The zero-order chi connectivity index (χ0) is 19.0. The van der Waals surface area contributed by atoms with E-state index in [9.17, 15) is 13.6 Å². The number of nitrogens with zero attached hydrogens (tertiary/aromatic N) is 2. The largest absolute Gasteiger partial charge is 0.279 e. The van der Waals surface area contributed by atoms with Crippen LogP contribution in [0.5, 0.6) is 0 Å². The second-order valence-corrected chi connectivity index (χ2v) is 9.18. The lowest BCUT2D eigenvalue weighted by atomic mass is 10.2. The van der Waals surface area contributed by atoms with E-state index in [1.807, 2.05) is 30.3 Å². The zero-order valence-corrected chi connectivity index (χ0v) is 16.9. The molecule has 0 aliphatic carbocycles. The highest BCUT2D eigenvalue weighted by Gasteiger charge is 2.24. The van der Waals surface area contributed by atoms with Crippen molar-refractivity contribution in [3.63, 3.8) is 0 Å². The van der Waals surface area contributed by atoms with Crippen molar-refractivity contribution in [3.05, 3.63) is 80.5 Å². The number of halogens is 3. The van der Waals surface area contributed by atoms with Crippen LogP contribution in [-0.2, 0) is 6.54 Å². The van der Waals surface area contributed by atoms with Gasteiger partial charge in [-0.3, -0.25) is 9.69 Å². The van der Waals surface area contributed by atoms with Crippen LogP contribution in [-0.4, -0.2) is 10.9 Å². The summed E-state index contributed by atoms with van der Waals surface area (Å²) in [7, 11) is 0. The van der Waals surface area contributed by atoms with Crippen molar-refractivity contribution >= 4 is 59.9 Å². The maximum absolute atomic E-state index is 14.1. The van der Waals surface area contributed by atoms with Crippen molar-refractivity contribution in [3.8, 4) is 0 Å². The molecule has 3 nitrogen and oxygen atoms in total. The fourth-order valence-electron chi connectivity index (χ4n) is 2.62. The Morgan fingerprint density at radius 1 is 1.07 bits per heavy atom. The maximum atomic E-state index is 14.1. The van der Waals surface area contributed by atoms with Crippen molar-refractivity contribution in [2.75, 3.05) is 4.90 Å². The van der Waals surface area contributed by atoms with E-state index in [4.69, 9.17) is 0 Å². The predicted octanol–water partition coefficient (Wildman–Crippen LogP) is 6.25. The Morgan fingerprint density at radius 3 is 2.56 bits per heavy atom. The molecular formula is C19H11BrF2N2OS2. The summed E-state index contributed by atoms with van der Waals surface area (Å²) >= 11 is 5.76. The number of hydrogen-bond acceptors (Lipinski definition) is 4. The van der Waals surface area contributed by atoms with Crippen molar-refractivity contribution in [2.45, 2.75) is 6.54 Å². The molecule has 0 N–H and O–H groups in total. The number of benzene rings is 2. The first-order chi connectivity index (χ1) is 13.0. The summed E-state index contributed by atoms with van der Waals surface area (Å²) in [5.41, 5.74) is 0.974. The van der Waals surface area contributed by atoms with E-state index in [0.29, 0.717) is 14.7 Å². The summed E-state index contributed by atoms with van der Waals surface area (Å²) in [6.45, 7) is 0.277. The van der Waals surface area contributed by atoms with E-state index in [1.165, 1.54) is 22.3 Å². The number of thiazole rings is 1. The Balaban J connectivity index is 1.79. The highest BCUT2D eigenvalue weighted by molar-refractivity contribution is 9.11. The lowest BCUT2D eigenvalue weighted by molar-refractivity contribution is 0.0989. The normalized spacial score (nSPS) is 11.1.